The van der Waals surface area contributed by atoms with Gasteiger partial charge in [0.2, 0.25) is 5.91 Å². The SMILES string of the molecule is COc1c(C)ccc(F)c1CN1CCN(C(=O)[C@H](N)C2CCN(CCc3cc(Cl)ccc3-c3ccccc3)CC2)CC1. The number of hydrogen-bond donors (Lipinski definition) is 1. The number of amides is 1. The summed E-state index contributed by atoms with van der Waals surface area (Å²) in [7, 11) is 1.58. The molecule has 6 nitrogen and oxygen atoms in total. The summed E-state index contributed by atoms with van der Waals surface area (Å²) in [6.45, 7) is 7.77. The van der Waals surface area contributed by atoms with Gasteiger partial charge in [-0.2, -0.15) is 0 Å². The van der Waals surface area contributed by atoms with Gasteiger partial charge in [0.15, 0.2) is 0 Å². The van der Waals surface area contributed by atoms with Gasteiger partial charge >= 0.3 is 0 Å². The quantitative estimate of drug-likeness (QED) is 0.361. The average Bonchev–Trinajstić information content (AvgIpc) is 3.02. The molecule has 2 aliphatic heterocycles. The zero-order chi connectivity index (χ0) is 29.6. The summed E-state index contributed by atoms with van der Waals surface area (Å²) >= 11 is 6.36. The van der Waals surface area contributed by atoms with Crippen LogP contribution in [0.2, 0.25) is 5.02 Å². The molecule has 0 aliphatic carbocycles. The monoisotopic (exact) mass is 592 g/mol. The Kier molecular flexibility index (Phi) is 10.2. The number of benzene rings is 3. The van der Waals surface area contributed by atoms with Gasteiger partial charge < -0.3 is 20.3 Å². The van der Waals surface area contributed by atoms with E-state index in [4.69, 9.17) is 22.1 Å². The Bertz CT molecular complexity index is 1360. The van der Waals surface area contributed by atoms with Gasteiger partial charge in [-0.3, -0.25) is 9.69 Å². The normalized spacial score (nSPS) is 17.8. The number of carbonyl (C=O) groups excluding carboxylic acids is 1. The van der Waals surface area contributed by atoms with Crippen molar-refractivity contribution in [1.82, 2.24) is 14.7 Å². The molecule has 2 heterocycles. The topological polar surface area (TPSA) is 62.0 Å². The van der Waals surface area contributed by atoms with Crippen LogP contribution in [-0.2, 0) is 17.8 Å². The second-order valence-electron chi connectivity index (χ2n) is 11.6. The minimum atomic E-state index is -0.481. The smallest absolute Gasteiger partial charge is 0.239 e. The van der Waals surface area contributed by atoms with E-state index in [1.54, 1.807) is 13.2 Å². The lowest BCUT2D eigenvalue weighted by Gasteiger charge is -2.39. The summed E-state index contributed by atoms with van der Waals surface area (Å²) in [4.78, 5) is 19.9. The Morgan fingerprint density at radius 3 is 2.40 bits per heavy atom. The Morgan fingerprint density at radius 2 is 1.71 bits per heavy atom. The van der Waals surface area contributed by atoms with Crippen molar-refractivity contribution in [3.63, 3.8) is 0 Å². The Balaban J connectivity index is 1.09. The van der Waals surface area contributed by atoms with E-state index in [9.17, 15) is 9.18 Å². The van der Waals surface area contributed by atoms with E-state index in [0.29, 0.717) is 44.0 Å². The molecule has 0 aromatic heterocycles. The highest BCUT2D eigenvalue weighted by atomic mass is 35.5. The number of halogens is 2. The number of methoxy groups -OCH3 is 1. The number of nitrogens with zero attached hydrogens (tertiary/aromatic N) is 3. The first-order valence-electron chi connectivity index (χ1n) is 15.0. The Morgan fingerprint density at radius 1 is 1.00 bits per heavy atom. The van der Waals surface area contributed by atoms with Crippen LogP contribution in [0, 0.1) is 18.7 Å². The number of piperidine rings is 1. The first-order valence-corrected chi connectivity index (χ1v) is 15.4. The highest BCUT2D eigenvalue weighted by molar-refractivity contribution is 6.30. The molecule has 2 aliphatic rings. The minimum Gasteiger partial charge on any atom is -0.496 e. The molecule has 1 amide bonds. The summed E-state index contributed by atoms with van der Waals surface area (Å²) in [5.41, 5.74) is 11.7. The van der Waals surface area contributed by atoms with E-state index < -0.39 is 6.04 Å². The Hall–Kier alpha value is -2.97. The Labute approximate surface area is 254 Å². The van der Waals surface area contributed by atoms with E-state index in [2.05, 4.69) is 46.2 Å². The summed E-state index contributed by atoms with van der Waals surface area (Å²) in [5, 5.41) is 0.760. The predicted molar refractivity (Wildman–Crippen MR) is 167 cm³/mol. The van der Waals surface area contributed by atoms with E-state index in [1.165, 1.54) is 22.8 Å². The van der Waals surface area contributed by atoms with Crippen molar-refractivity contribution in [2.24, 2.45) is 11.7 Å². The fourth-order valence-corrected chi connectivity index (χ4v) is 6.59. The van der Waals surface area contributed by atoms with Crippen LogP contribution in [0.3, 0.4) is 0 Å². The number of hydrogen-bond acceptors (Lipinski definition) is 5. The summed E-state index contributed by atoms with van der Waals surface area (Å²) in [6.07, 6.45) is 2.75. The van der Waals surface area contributed by atoms with Crippen molar-refractivity contribution in [2.75, 3.05) is 52.9 Å². The predicted octanol–water partition coefficient (Wildman–Crippen LogP) is 5.39. The van der Waals surface area contributed by atoms with Crippen LogP contribution in [0.25, 0.3) is 11.1 Å². The molecule has 42 heavy (non-hydrogen) atoms. The molecule has 5 rings (SSSR count). The maximum Gasteiger partial charge on any atom is 0.239 e. The molecule has 3 aromatic carbocycles. The lowest BCUT2D eigenvalue weighted by molar-refractivity contribution is -0.136. The van der Waals surface area contributed by atoms with Crippen LogP contribution in [0.15, 0.2) is 60.7 Å². The molecule has 0 saturated carbocycles. The van der Waals surface area contributed by atoms with Gasteiger partial charge in [0, 0.05) is 49.9 Å². The van der Waals surface area contributed by atoms with Crippen molar-refractivity contribution >= 4 is 17.5 Å². The fraction of sp³-hybridized carbons (Fsp3) is 0.441. The van der Waals surface area contributed by atoms with Gasteiger partial charge in [0.1, 0.15) is 11.6 Å². The number of likely N-dealkylation sites (tertiary alicyclic amines) is 1. The zero-order valence-corrected chi connectivity index (χ0v) is 25.5. The third-order valence-corrected chi connectivity index (χ3v) is 9.18. The van der Waals surface area contributed by atoms with Crippen LogP contribution in [-0.4, -0.2) is 79.6 Å². The zero-order valence-electron chi connectivity index (χ0n) is 24.7. The fourth-order valence-electron chi connectivity index (χ4n) is 6.40. The number of aryl methyl sites for hydroxylation is 1. The van der Waals surface area contributed by atoms with Crippen LogP contribution in [0.1, 0.15) is 29.5 Å². The van der Waals surface area contributed by atoms with Crippen LogP contribution in [0.4, 0.5) is 4.39 Å². The van der Waals surface area contributed by atoms with Crippen molar-refractivity contribution in [3.8, 4) is 16.9 Å². The van der Waals surface area contributed by atoms with Gasteiger partial charge in [0.05, 0.1) is 13.2 Å². The molecule has 0 spiro atoms. The van der Waals surface area contributed by atoms with Crippen molar-refractivity contribution in [2.45, 2.75) is 38.8 Å². The number of piperazine rings is 1. The summed E-state index contributed by atoms with van der Waals surface area (Å²) in [6, 6.07) is 19.3. The molecule has 0 radical (unpaired) electrons. The maximum atomic E-state index is 14.6. The number of ether oxygens (including phenoxy) is 1. The number of rotatable bonds is 9. The third-order valence-electron chi connectivity index (χ3n) is 8.94. The average molecular weight is 593 g/mol. The molecule has 2 saturated heterocycles. The third kappa shape index (κ3) is 7.14. The lowest BCUT2D eigenvalue weighted by Crippen LogP contribution is -2.55. The van der Waals surface area contributed by atoms with Gasteiger partial charge in [-0.25, -0.2) is 4.39 Å². The van der Waals surface area contributed by atoms with E-state index in [1.807, 2.05) is 24.0 Å². The van der Waals surface area contributed by atoms with Gasteiger partial charge in [0.25, 0.3) is 0 Å². The maximum absolute atomic E-state index is 14.6. The summed E-state index contributed by atoms with van der Waals surface area (Å²) in [5.74, 6) is 0.571. The van der Waals surface area contributed by atoms with Crippen LogP contribution in [0.5, 0.6) is 5.75 Å². The lowest BCUT2D eigenvalue weighted by atomic mass is 9.88. The van der Waals surface area contributed by atoms with Crippen molar-refractivity contribution in [3.05, 3.63) is 88.2 Å². The van der Waals surface area contributed by atoms with E-state index >= 15 is 0 Å². The van der Waals surface area contributed by atoms with E-state index in [-0.39, 0.29) is 17.6 Å². The first-order chi connectivity index (χ1) is 20.3. The molecule has 0 bridgehead atoms. The number of nitrogens with two attached hydrogens (primary N) is 1. The van der Waals surface area contributed by atoms with Crippen molar-refractivity contribution in [1.29, 1.82) is 0 Å². The van der Waals surface area contributed by atoms with E-state index in [0.717, 1.165) is 49.5 Å². The standard InChI is InChI=1S/C34H42ClFN4O2/c1-24-8-11-31(36)30(33(24)42-2)23-39-18-20-40(21-19-39)34(41)32(37)26-12-15-38(16-13-26)17-14-27-22-28(35)9-10-29(27)25-6-4-3-5-7-25/h3-11,22,26,32H,12-21,23,37H2,1-2H3/t32-/m1/s1. The largest absolute Gasteiger partial charge is 0.496 e. The van der Waals surface area contributed by atoms with Crippen LogP contribution < -0.4 is 10.5 Å². The molecular weight excluding hydrogens is 551 g/mol. The van der Waals surface area contributed by atoms with Gasteiger partial charge in [-0.1, -0.05) is 54.1 Å². The minimum absolute atomic E-state index is 0.0406. The molecule has 2 fully saturated rings. The molecule has 3 aromatic rings. The van der Waals surface area contributed by atoms with Crippen LogP contribution >= 0.6 is 11.6 Å². The molecule has 1 atom stereocenters. The number of carbonyl (C=O) groups is 1. The molecule has 0 unspecified atom stereocenters. The molecule has 2 N–H and O–H groups in total. The molecule has 224 valence electrons. The molecule has 8 heteroatoms. The second kappa shape index (κ2) is 14.0. The van der Waals surface area contributed by atoms with Gasteiger partial charge in [-0.05, 0) is 85.6 Å². The highest BCUT2D eigenvalue weighted by Gasteiger charge is 2.33. The summed E-state index contributed by atoms with van der Waals surface area (Å²) < 4.78 is 20.0. The highest BCUT2D eigenvalue weighted by Crippen LogP contribution is 2.29. The van der Waals surface area contributed by atoms with Gasteiger partial charge in [-0.15, -0.1) is 0 Å². The second-order valence-corrected chi connectivity index (χ2v) is 12.0. The molecular formula is C34H42ClFN4O2. The van der Waals surface area contributed by atoms with Crippen molar-refractivity contribution < 1.29 is 13.9 Å². The first kappa shape index (κ1) is 30.5.